The van der Waals surface area contributed by atoms with E-state index in [9.17, 15) is 5.26 Å². The molecule has 0 fully saturated rings. The van der Waals surface area contributed by atoms with Crippen LogP contribution in [-0.2, 0) is 0 Å². The third-order valence-corrected chi connectivity index (χ3v) is 4.33. The van der Waals surface area contributed by atoms with Gasteiger partial charge in [-0.1, -0.05) is 31.5 Å². The lowest BCUT2D eigenvalue weighted by molar-refractivity contribution is 0.815. The molecule has 28 heavy (non-hydrogen) atoms. The van der Waals surface area contributed by atoms with Gasteiger partial charge in [-0.3, -0.25) is 0 Å². The Bertz CT molecular complexity index is 1060. The van der Waals surface area contributed by atoms with Gasteiger partial charge in [0.25, 0.3) is 0 Å². The SMILES string of the molecule is CC(C)c1cc(Nc2cc(Nc3c(Cl)cccc3C#N)c(C=N)cn2)ncn1. The van der Waals surface area contributed by atoms with E-state index in [0.717, 1.165) is 5.69 Å². The van der Waals surface area contributed by atoms with Crippen molar-refractivity contribution in [3.05, 3.63) is 64.7 Å². The smallest absolute Gasteiger partial charge is 0.135 e. The van der Waals surface area contributed by atoms with Gasteiger partial charge in [0.15, 0.2) is 0 Å². The number of aromatic nitrogens is 3. The Morgan fingerprint density at radius 3 is 2.64 bits per heavy atom. The van der Waals surface area contributed by atoms with Crippen LogP contribution in [0.3, 0.4) is 0 Å². The van der Waals surface area contributed by atoms with Crippen molar-refractivity contribution in [2.24, 2.45) is 0 Å². The molecule has 0 radical (unpaired) electrons. The maximum atomic E-state index is 9.34. The predicted octanol–water partition coefficient (Wildman–Crippen LogP) is 5.00. The molecule has 0 saturated heterocycles. The van der Waals surface area contributed by atoms with Gasteiger partial charge in [0.1, 0.15) is 24.0 Å². The molecular weight excluding hydrogens is 374 g/mol. The summed E-state index contributed by atoms with van der Waals surface area (Å²) in [7, 11) is 0. The second-order valence-corrected chi connectivity index (χ2v) is 6.72. The minimum Gasteiger partial charge on any atom is -0.353 e. The highest BCUT2D eigenvalue weighted by atomic mass is 35.5. The van der Waals surface area contributed by atoms with Crippen LogP contribution in [0.15, 0.2) is 42.9 Å². The number of nitrogens with one attached hydrogen (secondary N) is 3. The molecule has 3 rings (SSSR count). The van der Waals surface area contributed by atoms with Gasteiger partial charge in [-0.05, 0) is 18.1 Å². The van der Waals surface area contributed by atoms with Gasteiger partial charge in [-0.2, -0.15) is 5.26 Å². The standard InChI is InChI=1S/C20H18ClN7/c1-12(2)16-6-19(26-11-25-16)28-18-7-17(14(9-23)10-24-18)27-20-13(8-22)4-3-5-15(20)21/h3-7,9-12,23H,1-2H3,(H2,24,25,26,27,28). The number of rotatable bonds is 6. The average molecular weight is 392 g/mol. The average Bonchev–Trinajstić information content (AvgIpc) is 2.70. The van der Waals surface area contributed by atoms with Crippen molar-refractivity contribution in [2.75, 3.05) is 10.6 Å². The summed E-state index contributed by atoms with van der Waals surface area (Å²) in [5.41, 5.74) is 2.96. The zero-order chi connectivity index (χ0) is 20.1. The number of halogens is 1. The molecule has 3 aromatic rings. The van der Waals surface area contributed by atoms with Crippen LogP contribution in [0.5, 0.6) is 0 Å². The van der Waals surface area contributed by atoms with Gasteiger partial charge in [0.2, 0.25) is 0 Å². The summed E-state index contributed by atoms with van der Waals surface area (Å²) >= 11 is 6.25. The summed E-state index contributed by atoms with van der Waals surface area (Å²) in [6.45, 7) is 4.11. The molecule has 0 amide bonds. The Morgan fingerprint density at radius 1 is 1.14 bits per heavy atom. The summed E-state index contributed by atoms with van der Waals surface area (Å²) < 4.78 is 0. The van der Waals surface area contributed by atoms with E-state index < -0.39 is 0 Å². The molecule has 1 aromatic carbocycles. The topological polar surface area (TPSA) is 110 Å². The Kier molecular flexibility index (Phi) is 5.82. The predicted molar refractivity (Wildman–Crippen MR) is 111 cm³/mol. The van der Waals surface area contributed by atoms with Crippen molar-refractivity contribution in [1.82, 2.24) is 15.0 Å². The normalized spacial score (nSPS) is 10.4. The minimum atomic E-state index is 0.277. The molecule has 0 bridgehead atoms. The lowest BCUT2D eigenvalue weighted by Crippen LogP contribution is -2.03. The van der Waals surface area contributed by atoms with Crippen LogP contribution in [0, 0.1) is 16.7 Å². The number of nitriles is 1. The first-order valence-electron chi connectivity index (χ1n) is 8.57. The maximum absolute atomic E-state index is 9.34. The summed E-state index contributed by atoms with van der Waals surface area (Å²) in [5.74, 6) is 1.43. The van der Waals surface area contributed by atoms with E-state index in [4.69, 9.17) is 17.0 Å². The molecule has 0 aliphatic rings. The fourth-order valence-corrected chi connectivity index (χ4v) is 2.75. The number of hydrogen-bond acceptors (Lipinski definition) is 7. The third kappa shape index (κ3) is 4.24. The van der Waals surface area contributed by atoms with Gasteiger partial charge in [0.05, 0.1) is 22.0 Å². The second kappa shape index (κ2) is 8.46. The van der Waals surface area contributed by atoms with Crippen molar-refractivity contribution in [3.8, 4) is 6.07 Å². The van der Waals surface area contributed by atoms with Crippen LogP contribution in [0.2, 0.25) is 5.02 Å². The molecule has 2 aromatic heterocycles. The van der Waals surface area contributed by atoms with E-state index in [-0.39, 0.29) is 5.92 Å². The number of pyridine rings is 1. The van der Waals surface area contributed by atoms with Crippen molar-refractivity contribution < 1.29 is 0 Å². The van der Waals surface area contributed by atoms with Gasteiger partial charge < -0.3 is 16.0 Å². The summed E-state index contributed by atoms with van der Waals surface area (Å²) in [5, 5.41) is 23.7. The zero-order valence-electron chi connectivity index (χ0n) is 15.4. The molecule has 7 nitrogen and oxygen atoms in total. The largest absolute Gasteiger partial charge is 0.353 e. The molecular formula is C20H18ClN7. The molecule has 3 N–H and O–H groups in total. The zero-order valence-corrected chi connectivity index (χ0v) is 16.1. The fourth-order valence-electron chi connectivity index (χ4n) is 2.52. The molecule has 8 heteroatoms. The molecule has 0 saturated carbocycles. The highest BCUT2D eigenvalue weighted by Crippen LogP contribution is 2.31. The van der Waals surface area contributed by atoms with Crippen molar-refractivity contribution >= 4 is 40.8 Å². The molecule has 2 heterocycles. The van der Waals surface area contributed by atoms with E-state index in [1.54, 1.807) is 30.5 Å². The van der Waals surface area contributed by atoms with E-state index in [0.29, 0.717) is 39.2 Å². The molecule has 0 spiro atoms. The molecule has 0 atom stereocenters. The van der Waals surface area contributed by atoms with Crippen LogP contribution in [0.4, 0.5) is 23.0 Å². The highest BCUT2D eigenvalue weighted by Gasteiger charge is 2.11. The Balaban J connectivity index is 1.94. The number of hydrogen-bond donors (Lipinski definition) is 3. The second-order valence-electron chi connectivity index (χ2n) is 6.31. The van der Waals surface area contributed by atoms with E-state index in [1.165, 1.54) is 12.5 Å². The summed E-state index contributed by atoms with van der Waals surface area (Å²) in [6, 6.07) is 10.8. The van der Waals surface area contributed by atoms with E-state index >= 15 is 0 Å². The van der Waals surface area contributed by atoms with Gasteiger partial charge >= 0.3 is 0 Å². The Labute approximate surface area is 168 Å². The lowest BCUT2D eigenvalue weighted by Gasteiger charge is -2.14. The van der Waals surface area contributed by atoms with Gasteiger partial charge in [-0.15, -0.1) is 0 Å². The molecule has 0 aliphatic heterocycles. The van der Waals surface area contributed by atoms with Gasteiger partial charge in [-0.25, -0.2) is 15.0 Å². The van der Waals surface area contributed by atoms with Gasteiger partial charge in [0, 0.05) is 35.8 Å². The first-order valence-corrected chi connectivity index (χ1v) is 8.94. The van der Waals surface area contributed by atoms with Crippen molar-refractivity contribution in [2.45, 2.75) is 19.8 Å². The molecule has 0 aliphatic carbocycles. The molecule has 140 valence electrons. The summed E-state index contributed by atoms with van der Waals surface area (Å²) in [4.78, 5) is 12.8. The fraction of sp³-hybridized carbons (Fsp3) is 0.150. The van der Waals surface area contributed by atoms with Crippen LogP contribution in [0.25, 0.3) is 0 Å². The number of anilines is 4. The third-order valence-electron chi connectivity index (χ3n) is 4.02. The first-order chi connectivity index (χ1) is 13.5. The Morgan fingerprint density at radius 2 is 1.93 bits per heavy atom. The highest BCUT2D eigenvalue weighted by molar-refractivity contribution is 6.33. The van der Waals surface area contributed by atoms with E-state index in [2.05, 4.69) is 45.5 Å². The monoisotopic (exact) mass is 391 g/mol. The first kappa shape index (κ1) is 19.3. The van der Waals surface area contributed by atoms with Crippen molar-refractivity contribution in [3.63, 3.8) is 0 Å². The van der Waals surface area contributed by atoms with Crippen LogP contribution >= 0.6 is 11.6 Å². The lowest BCUT2D eigenvalue weighted by atomic mass is 10.1. The number of benzene rings is 1. The van der Waals surface area contributed by atoms with Crippen LogP contribution in [-0.4, -0.2) is 21.2 Å². The molecule has 0 unspecified atom stereocenters. The maximum Gasteiger partial charge on any atom is 0.135 e. The van der Waals surface area contributed by atoms with Crippen LogP contribution < -0.4 is 10.6 Å². The van der Waals surface area contributed by atoms with Crippen molar-refractivity contribution in [1.29, 1.82) is 10.7 Å². The number of nitrogens with zero attached hydrogens (tertiary/aromatic N) is 4. The van der Waals surface area contributed by atoms with Crippen LogP contribution in [0.1, 0.15) is 36.6 Å². The van der Waals surface area contributed by atoms with E-state index in [1.807, 2.05) is 6.07 Å². The number of para-hydroxylation sites is 1. The quantitative estimate of drug-likeness (QED) is 0.509. The summed E-state index contributed by atoms with van der Waals surface area (Å²) in [6.07, 6.45) is 4.25. The Hall–Kier alpha value is -3.50. The minimum absolute atomic E-state index is 0.277.